The van der Waals surface area contributed by atoms with Gasteiger partial charge in [0.2, 0.25) is 15.9 Å². The van der Waals surface area contributed by atoms with Crippen LogP contribution in [0, 0.1) is 5.92 Å². The van der Waals surface area contributed by atoms with E-state index in [1.807, 2.05) is 4.90 Å². The maximum Gasteiger partial charge on any atom is 0.225 e. The molecule has 2 heterocycles. The number of carbonyl (C=O) groups is 1. The smallest absolute Gasteiger partial charge is 0.225 e. The first-order valence-corrected chi connectivity index (χ1v) is 9.76. The van der Waals surface area contributed by atoms with Gasteiger partial charge < -0.3 is 10.0 Å². The monoisotopic (exact) mass is 333 g/mol. The predicted molar refractivity (Wildman–Crippen MR) is 83.8 cm³/mol. The number of aliphatic hydroxyl groups excluding tert-OH is 1. The predicted octanol–water partition coefficient (Wildman–Crippen LogP) is -0.817. The highest BCUT2D eigenvalue weighted by molar-refractivity contribution is 7.88. The van der Waals surface area contributed by atoms with Gasteiger partial charge in [-0.3, -0.25) is 9.69 Å². The molecule has 0 bridgehead atoms. The number of piperidine rings is 1. The third-order valence-corrected chi connectivity index (χ3v) is 5.78. The minimum absolute atomic E-state index is 0.0543. The first-order chi connectivity index (χ1) is 10.3. The molecule has 2 aliphatic heterocycles. The number of nitrogens with zero attached hydrogens (tertiary/aromatic N) is 3. The summed E-state index contributed by atoms with van der Waals surface area (Å²) in [4.78, 5) is 16.6. The van der Waals surface area contributed by atoms with Gasteiger partial charge in [0, 0.05) is 51.7 Å². The maximum atomic E-state index is 12.5. The molecule has 0 aromatic heterocycles. The van der Waals surface area contributed by atoms with Crippen molar-refractivity contribution in [1.29, 1.82) is 0 Å². The summed E-state index contributed by atoms with van der Waals surface area (Å²) in [7, 11) is -3.14. The van der Waals surface area contributed by atoms with E-state index in [0.29, 0.717) is 45.6 Å². The fraction of sp³-hybridized carbons (Fsp3) is 0.929. The van der Waals surface area contributed by atoms with Crippen LogP contribution < -0.4 is 0 Å². The Labute approximate surface area is 132 Å². The van der Waals surface area contributed by atoms with Gasteiger partial charge in [-0.2, -0.15) is 0 Å². The summed E-state index contributed by atoms with van der Waals surface area (Å²) in [5.74, 6) is 0.103. The second-order valence-corrected chi connectivity index (χ2v) is 8.39. The van der Waals surface area contributed by atoms with Crippen LogP contribution in [0.5, 0.6) is 0 Å². The average Bonchev–Trinajstić information content (AvgIpc) is 2.46. The highest BCUT2D eigenvalue weighted by Gasteiger charge is 2.32. The summed E-state index contributed by atoms with van der Waals surface area (Å²) in [6.45, 7) is 6.27. The summed E-state index contributed by atoms with van der Waals surface area (Å²) in [6.07, 6.45) is 2.10. The Morgan fingerprint density at radius 3 is 2.14 bits per heavy atom. The number of carbonyl (C=O) groups excluding carboxylic acids is 1. The molecule has 0 spiro atoms. The largest absolute Gasteiger partial charge is 0.392 e. The molecule has 2 saturated heterocycles. The third kappa shape index (κ3) is 4.65. The average molecular weight is 333 g/mol. The Kier molecular flexibility index (Phi) is 5.81. The molecule has 8 heteroatoms. The molecule has 0 aromatic rings. The molecule has 22 heavy (non-hydrogen) atoms. The zero-order valence-corrected chi connectivity index (χ0v) is 14.3. The summed E-state index contributed by atoms with van der Waals surface area (Å²) in [5.41, 5.74) is 0. The van der Waals surface area contributed by atoms with Crippen LogP contribution >= 0.6 is 0 Å². The van der Waals surface area contributed by atoms with E-state index < -0.39 is 10.0 Å². The second-order valence-electron chi connectivity index (χ2n) is 6.41. The number of hydrogen-bond donors (Lipinski definition) is 1. The van der Waals surface area contributed by atoms with Gasteiger partial charge >= 0.3 is 0 Å². The Morgan fingerprint density at radius 2 is 1.68 bits per heavy atom. The molecular formula is C14H27N3O4S. The standard InChI is InChI=1S/C14H27N3O4S/c1-12(18)11-15-7-9-16(10-8-15)14(19)13-3-5-17(6-4-13)22(2,20)21/h12-13,18H,3-11H2,1-2H3/t12-/m0/s1. The Hall–Kier alpha value is -0.700. The van der Waals surface area contributed by atoms with Crippen LogP contribution in [0.3, 0.4) is 0 Å². The fourth-order valence-corrected chi connectivity index (χ4v) is 4.09. The Morgan fingerprint density at radius 1 is 1.14 bits per heavy atom. The number of amides is 1. The first-order valence-electron chi connectivity index (χ1n) is 7.91. The van der Waals surface area contributed by atoms with Crippen LogP contribution in [0.4, 0.5) is 0 Å². The summed E-state index contributed by atoms with van der Waals surface area (Å²) >= 11 is 0. The molecule has 2 fully saturated rings. The lowest BCUT2D eigenvalue weighted by Gasteiger charge is -2.38. The zero-order chi connectivity index (χ0) is 16.3. The lowest BCUT2D eigenvalue weighted by Crippen LogP contribution is -2.52. The molecule has 0 unspecified atom stereocenters. The van der Waals surface area contributed by atoms with Crippen LogP contribution in [-0.4, -0.2) is 91.7 Å². The molecule has 128 valence electrons. The molecular weight excluding hydrogens is 306 g/mol. The van der Waals surface area contributed by atoms with Crippen LogP contribution in [-0.2, 0) is 14.8 Å². The van der Waals surface area contributed by atoms with E-state index in [9.17, 15) is 18.3 Å². The molecule has 0 aliphatic carbocycles. The SMILES string of the molecule is C[C@H](O)CN1CCN(C(=O)C2CCN(S(C)(=O)=O)CC2)CC1. The van der Waals surface area contributed by atoms with Gasteiger partial charge in [-0.1, -0.05) is 0 Å². The number of aliphatic hydroxyl groups is 1. The minimum Gasteiger partial charge on any atom is -0.392 e. The van der Waals surface area contributed by atoms with Gasteiger partial charge in [0.05, 0.1) is 12.4 Å². The van der Waals surface area contributed by atoms with Crippen LogP contribution in [0.1, 0.15) is 19.8 Å². The van der Waals surface area contributed by atoms with E-state index in [2.05, 4.69) is 4.90 Å². The van der Waals surface area contributed by atoms with Gasteiger partial charge in [0.15, 0.2) is 0 Å². The number of sulfonamides is 1. The van der Waals surface area contributed by atoms with Gasteiger partial charge in [0.25, 0.3) is 0 Å². The molecule has 1 N–H and O–H groups in total. The zero-order valence-electron chi connectivity index (χ0n) is 13.4. The van der Waals surface area contributed by atoms with Gasteiger partial charge in [0.1, 0.15) is 0 Å². The Balaban J connectivity index is 1.79. The van der Waals surface area contributed by atoms with Gasteiger partial charge in [-0.25, -0.2) is 12.7 Å². The van der Waals surface area contributed by atoms with Crippen LogP contribution in [0.2, 0.25) is 0 Å². The van der Waals surface area contributed by atoms with Crippen molar-refractivity contribution in [1.82, 2.24) is 14.1 Å². The maximum absolute atomic E-state index is 12.5. The number of rotatable bonds is 4. The molecule has 0 saturated carbocycles. The summed E-state index contributed by atoms with van der Waals surface area (Å²) in [6, 6.07) is 0. The van der Waals surface area contributed by atoms with Crippen LogP contribution in [0.25, 0.3) is 0 Å². The second kappa shape index (κ2) is 7.25. The highest BCUT2D eigenvalue weighted by Crippen LogP contribution is 2.22. The summed E-state index contributed by atoms with van der Waals surface area (Å²) in [5, 5.41) is 9.40. The van der Waals surface area contributed by atoms with Crippen molar-refractivity contribution in [2.75, 3.05) is 52.1 Å². The van der Waals surface area contributed by atoms with E-state index >= 15 is 0 Å². The van der Waals surface area contributed by atoms with Gasteiger partial charge in [-0.15, -0.1) is 0 Å². The molecule has 0 radical (unpaired) electrons. The van der Waals surface area contributed by atoms with Crippen molar-refractivity contribution in [2.45, 2.75) is 25.9 Å². The van der Waals surface area contributed by atoms with E-state index in [0.717, 1.165) is 13.1 Å². The fourth-order valence-electron chi connectivity index (χ4n) is 3.22. The van der Waals surface area contributed by atoms with E-state index in [-0.39, 0.29) is 17.9 Å². The topological polar surface area (TPSA) is 81.2 Å². The Bertz CT molecular complexity index is 478. The highest BCUT2D eigenvalue weighted by atomic mass is 32.2. The molecule has 1 atom stereocenters. The molecule has 1 amide bonds. The molecule has 2 rings (SSSR count). The quantitative estimate of drug-likeness (QED) is 0.727. The molecule has 2 aliphatic rings. The third-order valence-electron chi connectivity index (χ3n) is 4.48. The number of piperazine rings is 1. The minimum atomic E-state index is -3.14. The lowest BCUT2D eigenvalue weighted by atomic mass is 9.96. The van der Waals surface area contributed by atoms with Crippen molar-refractivity contribution >= 4 is 15.9 Å². The van der Waals surface area contributed by atoms with Crippen molar-refractivity contribution in [3.63, 3.8) is 0 Å². The van der Waals surface area contributed by atoms with E-state index in [4.69, 9.17) is 0 Å². The van der Waals surface area contributed by atoms with Crippen molar-refractivity contribution in [2.24, 2.45) is 5.92 Å². The van der Waals surface area contributed by atoms with E-state index in [1.54, 1.807) is 6.92 Å². The van der Waals surface area contributed by atoms with Crippen molar-refractivity contribution in [3.05, 3.63) is 0 Å². The summed E-state index contributed by atoms with van der Waals surface area (Å²) < 4.78 is 24.4. The first kappa shape index (κ1) is 17.7. The van der Waals surface area contributed by atoms with Crippen molar-refractivity contribution in [3.8, 4) is 0 Å². The lowest BCUT2D eigenvalue weighted by molar-refractivity contribution is -0.138. The normalized spacial score (nSPS) is 24.4. The number of β-amino-alcohol motifs (C(OH)–C–C–N with tert-alkyl or cyclic N) is 1. The van der Waals surface area contributed by atoms with Crippen LogP contribution in [0.15, 0.2) is 0 Å². The van der Waals surface area contributed by atoms with E-state index in [1.165, 1.54) is 10.6 Å². The number of hydrogen-bond acceptors (Lipinski definition) is 5. The van der Waals surface area contributed by atoms with Gasteiger partial charge in [-0.05, 0) is 19.8 Å². The van der Waals surface area contributed by atoms with Crippen molar-refractivity contribution < 1.29 is 18.3 Å². The molecule has 7 nitrogen and oxygen atoms in total. The molecule has 0 aromatic carbocycles.